The third-order valence-corrected chi connectivity index (χ3v) is 7.46. The van der Waals surface area contributed by atoms with E-state index in [1.807, 2.05) is 25.1 Å². The predicted molar refractivity (Wildman–Crippen MR) is 165 cm³/mol. The molecule has 10 nitrogen and oxygen atoms in total. The largest absolute Gasteiger partial charge is 0.491 e. The van der Waals surface area contributed by atoms with Crippen LogP contribution < -0.4 is 15.4 Å². The monoisotopic (exact) mass is 575 g/mol. The Labute approximate surface area is 249 Å². The van der Waals surface area contributed by atoms with Gasteiger partial charge in [-0.25, -0.2) is 19.7 Å². The molecule has 0 bridgehead atoms. The Morgan fingerprint density at radius 2 is 1.98 bits per heavy atom. The number of aromatic nitrogens is 4. The van der Waals surface area contributed by atoms with Gasteiger partial charge in [0.1, 0.15) is 36.4 Å². The molecule has 1 aliphatic rings. The molecular weight excluding hydrogens is 530 g/mol. The summed E-state index contributed by atoms with van der Waals surface area (Å²) in [6.45, 7) is 11.8. The van der Waals surface area contributed by atoms with Crippen molar-refractivity contribution < 1.29 is 14.6 Å². The van der Waals surface area contributed by atoms with Crippen molar-refractivity contribution in [2.75, 3.05) is 43.4 Å². The average Bonchev–Trinajstić information content (AvgIpc) is 2.97. The molecule has 3 aromatic rings. The van der Waals surface area contributed by atoms with Gasteiger partial charge < -0.3 is 20.5 Å². The minimum absolute atomic E-state index is 0.160. The Morgan fingerprint density at radius 1 is 1.12 bits per heavy atom. The number of carboxylic acids is 1. The van der Waals surface area contributed by atoms with Crippen LogP contribution in [0.15, 0.2) is 42.9 Å². The van der Waals surface area contributed by atoms with Crippen LogP contribution in [0.5, 0.6) is 5.75 Å². The summed E-state index contributed by atoms with van der Waals surface area (Å²) in [7, 11) is 0. The third-order valence-electron chi connectivity index (χ3n) is 7.46. The number of hydrogen-bond donors (Lipinski definition) is 3. The number of carboxylic acid groups (broad SMARTS) is 1. The van der Waals surface area contributed by atoms with Crippen molar-refractivity contribution in [1.82, 2.24) is 24.8 Å². The normalized spacial score (nSPS) is 13.7. The Kier molecular flexibility index (Phi) is 11.1. The molecule has 226 valence electrons. The van der Waals surface area contributed by atoms with Gasteiger partial charge in [0.05, 0.1) is 11.9 Å². The van der Waals surface area contributed by atoms with E-state index in [2.05, 4.69) is 63.4 Å². The number of ether oxygens (including phenoxy) is 1. The fourth-order valence-corrected chi connectivity index (χ4v) is 4.91. The number of carbonyl (C=O) groups is 1. The number of nitrogens with zero attached hydrogens (tertiary/aromatic N) is 5. The first-order valence-corrected chi connectivity index (χ1v) is 15.0. The zero-order valence-corrected chi connectivity index (χ0v) is 25.4. The molecule has 4 rings (SSSR count). The lowest BCUT2D eigenvalue weighted by atomic mass is 9.92. The van der Waals surface area contributed by atoms with Gasteiger partial charge in [-0.2, -0.15) is 0 Å². The maximum absolute atomic E-state index is 12.2. The average molecular weight is 576 g/mol. The van der Waals surface area contributed by atoms with Gasteiger partial charge in [0.15, 0.2) is 0 Å². The number of aryl methyl sites for hydroxylation is 3. The molecule has 0 aromatic carbocycles. The molecule has 4 heterocycles. The number of fused-ring (bicyclic) bond motifs is 1. The number of nitrogens with one attached hydrogen (secondary N) is 2. The highest BCUT2D eigenvalue weighted by Gasteiger charge is 2.21. The molecule has 3 N–H and O–H groups in total. The molecule has 1 aliphatic heterocycles. The first-order chi connectivity index (χ1) is 20.2. The summed E-state index contributed by atoms with van der Waals surface area (Å²) in [5, 5.41) is 16.5. The molecule has 0 radical (unpaired) electrons. The standard InChI is InChI=1S/C32H45N7O3/c1-23-10-13-26(21-34-23)42-19-18-39(16-6-5-9-25-12-11-24-8-7-15-33-30(24)37-25)17-14-27(31(40)41)38-29-20-28(32(2,3)4)35-22-36-29/h10-13,20-22,27H,5-9,14-19H2,1-4H3,(H,33,37)(H,40,41)(H,35,36,38)/t27-/m0/s1. The minimum Gasteiger partial charge on any atom is -0.491 e. The highest BCUT2D eigenvalue weighted by Crippen LogP contribution is 2.22. The quantitative estimate of drug-likeness (QED) is 0.216. The van der Waals surface area contributed by atoms with Crippen molar-refractivity contribution in [1.29, 1.82) is 0 Å². The van der Waals surface area contributed by atoms with E-state index >= 15 is 0 Å². The smallest absolute Gasteiger partial charge is 0.326 e. The Hall–Kier alpha value is -3.79. The number of pyridine rings is 2. The van der Waals surface area contributed by atoms with Crippen molar-refractivity contribution in [3.63, 3.8) is 0 Å². The lowest BCUT2D eigenvalue weighted by Crippen LogP contribution is -2.37. The van der Waals surface area contributed by atoms with Crippen LogP contribution in [0, 0.1) is 6.92 Å². The molecule has 0 spiro atoms. The van der Waals surface area contributed by atoms with Gasteiger partial charge in [0.25, 0.3) is 0 Å². The molecule has 0 saturated heterocycles. The van der Waals surface area contributed by atoms with Crippen molar-refractivity contribution in [2.24, 2.45) is 0 Å². The maximum Gasteiger partial charge on any atom is 0.326 e. The van der Waals surface area contributed by atoms with Gasteiger partial charge >= 0.3 is 5.97 Å². The lowest BCUT2D eigenvalue weighted by Gasteiger charge is -2.25. The van der Waals surface area contributed by atoms with Crippen molar-refractivity contribution in [3.8, 4) is 5.75 Å². The minimum atomic E-state index is -0.903. The molecule has 3 aromatic heterocycles. The SMILES string of the molecule is Cc1ccc(OCCN(CCCCc2ccc3c(n2)NCCC3)CC[C@H](Nc2cc(C(C)(C)C)ncn2)C(=O)O)cn1. The van der Waals surface area contributed by atoms with Crippen molar-refractivity contribution in [2.45, 2.75) is 77.7 Å². The van der Waals surface area contributed by atoms with Crippen LogP contribution in [0.1, 0.15) is 69.1 Å². The number of rotatable bonds is 15. The maximum atomic E-state index is 12.2. The Bertz CT molecular complexity index is 1290. The fourth-order valence-electron chi connectivity index (χ4n) is 4.91. The van der Waals surface area contributed by atoms with E-state index in [1.54, 1.807) is 6.20 Å². The number of aliphatic carboxylic acids is 1. The highest BCUT2D eigenvalue weighted by molar-refractivity contribution is 5.76. The lowest BCUT2D eigenvalue weighted by molar-refractivity contribution is -0.138. The van der Waals surface area contributed by atoms with Gasteiger partial charge in [-0.05, 0) is 75.8 Å². The number of anilines is 2. The molecule has 1 atom stereocenters. The number of hydrogen-bond acceptors (Lipinski definition) is 9. The fraction of sp³-hybridized carbons (Fsp3) is 0.531. The van der Waals surface area contributed by atoms with Crippen LogP contribution in [-0.4, -0.2) is 74.7 Å². The first kappa shape index (κ1) is 31.2. The van der Waals surface area contributed by atoms with Gasteiger partial charge in [0, 0.05) is 42.5 Å². The zero-order chi connectivity index (χ0) is 30.0. The van der Waals surface area contributed by atoms with E-state index < -0.39 is 12.0 Å². The Balaban J connectivity index is 1.33. The first-order valence-electron chi connectivity index (χ1n) is 15.0. The van der Waals surface area contributed by atoms with Crippen molar-refractivity contribution in [3.05, 3.63) is 65.5 Å². The van der Waals surface area contributed by atoms with Crippen LogP contribution in [0.3, 0.4) is 0 Å². The molecule has 42 heavy (non-hydrogen) atoms. The van der Waals surface area contributed by atoms with Crippen LogP contribution in [0.4, 0.5) is 11.6 Å². The highest BCUT2D eigenvalue weighted by atomic mass is 16.5. The molecule has 0 fully saturated rings. The molecule has 0 amide bonds. The van der Waals surface area contributed by atoms with Crippen LogP contribution in [0.2, 0.25) is 0 Å². The van der Waals surface area contributed by atoms with E-state index in [4.69, 9.17) is 9.72 Å². The Morgan fingerprint density at radius 3 is 2.74 bits per heavy atom. The second-order valence-corrected chi connectivity index (χ2v) is 12.0. The van der Waals surface area contributed by atoms with E-state index in [9.17, 15) is 9.90 Å². The summed E-state index contributed by atoms with van der Waals surface area (Å²) in [4.78, 5) is 32.2. The molecule has 10 heteroatoms. The summed E-state index contributed by atoms with van der Waals surface area (Å²) >= 11 is 0. The summed E-state index contributed by atoms with van der Waals surface area (Å²) < 4.78 is 5.94. The summed E-state index contributed by atoms with van der Waals surface area (Å²) in [6.07, 6.45) is 8.78. The summed E-state index contributed by atoms with van der Waals surface area (Å²) in [5.41, 5.74) is 4.06. The molecule has 0 saturated carbocycles. The van der Waals surface area contributed by atoms with Crippen molar-refractivity contribution >= 4 is 17.6 Å². The van der Waals surface area contributed by atoms with Crippen LogP contribution in [0.25, 0.3) is 0 Å². The van der Waals surface area contributed by atoms with Gasteiger partial charge in [-0.15, -0.1) is 0 Å². The molecular formula is C32H45N7O3. The molecule has 0 unspecified atom stereocenters. The summed E-state index contributed by atoms with van der Waals surface area (Å²) in [6, 6.07) is 9.26. The molecule has 0 aliphatic carbocycles. The van der Waals surface area contributed by atoms with E-state index in [-0.39, 0.29) is 5.41 Å². The predicted octanol–water partition coefficient (Wildman–Crippen LogP) is 4.89. The topological polar surface area (TPSA) is 125 Å². The third kappa shape index (κ3) is 9.65. The van der Waals surface area contributed by atoms with Gasteiger partial charge in [0.2, 0.25) is 0 Å². The summed E-state index contributed by atoms with van der Waals surface area (Å²) in [5.74, 6) is 1.39. The van der Waals surface area contributed by atoms with Gasteiger partial charge in [-0.3, -0.25) is 9.88 Å². The second-order valence-electron chi connectivity index (χ2n) is 12.0. The van der Waals surface area contributed by atoms with Crippen LogP contribution in [-0.2, 0) is 23.1 Å². The van der Waals surface area contributed by atoms with Gasteiger partial charge in [-0.1, -0.05) is 26.8 Å². The van der Waals surface area contributed by atoms with E-state index in [0.29, 0.717) is 31.9 Å². The van der Waals surface area contributed by atoms with Crippen LogP contribution >= 0.6 is 0 Å². The zero-order valence-electron chi connectivity index (χ0n) is 25.4. The number of unbranched alkanes of at least 4 members (excludes halogenated alkanes) is 1. The van der Waals surface area contributed by atoms with E-state index in [0.717, 1.165) is 73.8 Å². The second kappa shape index (κ2) is 14.9. The van der Waals surface area contributed by atoms with E-state index in [1.165, 1.54) is 11.9 Å².